The lowest BCUT2D eigenvalue weighted by atomic mass is 10.1. The molecular weight excluding hydrogens is 377 g/mol. The summed E-state index contributed by atoms with van der Waals surface area (Å²) in [6, 6.07) is 9.24. The number of halogens is 3. The largest absolute Gasteiger partial charge is 0.497 e. The molecule has 0 aliphatic rings. The lowest BCUT2D eigenvalue weighted by Gasteiger charge is -2.23. The number of amides is 2. The Morgan fingerprint density at radius 1 is 1.07 bits per heavy atom. The van der Waals surface area contributed by atoms with Crippen LogP contribution < -0.4 is 19.7 Å². The van der Waals surface area contributed by atoms with Crippen LogP contribution in [0, 0.1) is 0 Å². The Kier molecular flexibility index (Phi) is 6.50. The van der Waals surface area contributed by atoms with Crippen molar-refractivity contribution >= 4 is 23.2 Å². The third-order valence-corrected chi connectivity index (χ3v) is 3.87. The summed E-state index contributed by atoms with van der Waals surface area (Å²) in [5.74, 6) is -0.516. The lowest BCUT2D eigenvalue weighted by Crippen LogP contribution is -2.37. The zero-order valence-electron chi connectivity index (χ0n) is 15.5. The van der Waals surface area contributed by atoms with Crippen molar-refractivity contribution in [3.05, 3.63) is 48.0 Å². The normalized spacial score (nSPS) is 10.9. The second kappa shape index (κ2) is 8.64. The van der Waals surface area contributed by atoms with Crippen molar-refractivity contribution in [3.63, 3.8) is 0 Å². The number of carbonyl (C=O) groups excluding carboxylic acids is 2. The molecule has 0 heterocycles. The number of nitrogens with one attached hydrogen (secondary N) is 1. The number of alkyl halides is 3. The standard InChI is InChI=1S/C19H19F3N2O4/c1-12(25)24(16-9-8-13(27-2)10-17(16)28-3)11-18(26)23-15-7-5-4-6-14(15)19(20,21)22/h4-10H,11H2,1-3H3,(H,23,26). The number of methoxy groups -OCH3 is 2. The average molecular weight is 396 g/mol. The number of hydrogen-bond donors (Lipinski definition) is 1. The minimum absolute atomic E-state index is 0.276. The first-order chi connectivity index (χ1) is 13.2. The molecule has 6 nitrogen and oxygen atoms in total. The highest BCUT2D eigenvalue weighted by atomic mass is 19.4. The molecule has 0 saturated carbocycles. The number of carbonyl (C=O) groups is 2. The number of para-hydroxylation sites is 1. The Bertz CT molecular complexity index is 868. The van der Waals surface area contributed by atoms with Crippen molar-refractivity contribution in [2.75, 3.05) is 31.0 Å². The number of benzene rings is 2. The summed E-state index contributed by atoms with van der Waals surface area (Å²) in [5, 5.41) is 2.21. The molecule has 2 rings (SSSR count). The summed E-state index contributed by atoms with van der Waals surface area (Å²) in [6.07, 6.45) is -4.62. The fourth-order valence-corrected chi connectivity index (χ4v) is 2.55. The first-order valence-corrected chi connectivity index (χ1v) is 8.13. The molecule has 1 N–H and O–H groups in total. The van der Waals surface area contributed by atoms with E-state index >= 15 is 0 Å². The van der Waals surface area contributed by atoms with E-state index in [2.05, 4.69) is 5.32 Å². The quantitative estimate of drug-likeness (QED) is 0.808. The van der Waals surface area contributed by atoms with Crippen LogP contribution in [0.25, 0.3) is 0 Å². The van der Waals surface area contributed by atoms with E-state index in [9.17, 15) is 22.8 Å². The summed E-state index contributed by atoms with van der Waals surface area (Å²) < 4.78 is 49.6. The Balaban J connectivity index is 2.27. The summed E-state index contributed by atoms with van der Waals surface area (Å²) in [5.41, 5.74) is -1.07. The number of anilines is 2. The van der Waals surface area contributed by atoms with Crippen molar-refractivity contribution in [2.45, 2.75) is 13.1 Å². The van der Waals surface area contributed by atoms with Gasteiger partial charge in [-0.1, -0.05) is 12.1 Å². The predicted molar refractivity (Wildman–Crippen MR) is 97.6 cm³/mol. The van der Waals surface area contributed by atoms with Crippen LogP contribution >= 0.6 is 0 Å². The molecule has 0 spiro atoms. The molecule has 2 amide bonds. The van der Waals surface area contributed by atoms with Gasteiger partial charge in [0.25, 0.3) is 0 Å². The van der Waals surface area contributed by atoms with E-state index in [1.165, 1.54) is 45.4 Å². The average Bonchev–Trinajstić information content (AvgIpc) is 2.65. The fourth-order valence-electron chi connectivity index (χ4n) is 2.55. The molecule has 0 unspecified atom stereocenters. The monoisotopic (exact) mass is 396 g/mol. The Hall–Kier alpha value is -3.23. The smallest absolute Gasteiger partial charge is 0.418 e. The van der Waals surface area contributed by atoms with Gasteiger partial charge in [-0.15, -0.1) is 0 Å². The van der Waals surface area contributed by atoms with E-state index in [1.807, 2.05) is 0 Å². The molecule has 0 bridgehead atoms. The highest BCUT2D eigenvalue weighted by molar-refractivity contribution is 6.03. The zero-order chi connectivity index (χ0) is 20.9. The molecule has 28 heavy (non-hydrogen) atoms. The first-order valence-electron chi connectivity index (χ1n) is 8.13. The number of ether oxygens (including phenoxy) is 2. The second-order valence-corrected chi connectivity index (χ2v) is 5.73. The Labute approximate surface area is 159 Å². The van der Waals surface area contributed by atoms with Gasteiger partial charge in [-0.05, 0) is 24.3 Å². The number of nitrogens with zero attached hydrogens (tertiary/aromatic N) is 1. The van der Waals surface area contributed by atoms with Gasteiger partial charge in [-0.3, -0.25) is 14.5 Å². The molecule has 0 aromatic heterocycles. The van der Waals surface area contributed by atoms with E-state index < -0.39 is 30.1 Å². The van der Waals surface area contributed by atoms with Crippen molar-refractivity contribution < 1.29 is 32.2 Å². The van der Waals surface area contributed by atoms with Gasteiger partial charge < -0.3 is 14.8 Å². The topological polar surface area (TPSA) is 67.9 Å². The van der Waals surface area contributed by atoms with Crippen LogP contribution in [0.1, 0.15) is 12.5 Å². The molecule has 0 aliphatic carbocycles. The van der Waals surface area contributed by atoms with Crippen molar-refractivity contribution in [1.82, 2.24) is 0 Å². The van der Waals surface area contributed by atoms with Gasteiger partial charge in [-0.25, -0.2) is 0 Å². The molecule has 0 radical (unpaired) electrons. The molecule has 9 heteroatoms. The van der Waals surface area contributed by atoms with Crippen molar-refractivity contribution in [1.29, 1.82) is 0 Å². The van der Waals surface area contributed by atoms with E-state index in [-0.39, 0.29) is 17.1 Å². The minimum Gasteiger partial charge on any atom is -0.497 e. The molecule has 0 atom stereocenters. The van der Waals surface area contributed by atoms with Gasteiger partial charge in [-0.2, -0.15) is 13.2 Å². The maximum Gasteiger partial charge on any atom is 0.418 e. The van der Waals surface area contributed by atoms with Gasteiger partial charge >= 0.3 is 6.18 Å². The van der Waals surface area contributed by atoms with Crippen LogP contribution in [0.5, 0.6) is 11.5 Å². The van der Waals surface area contributed by atoms with Gasteiger partial charge in [0.15, 0.2) is 0 Å². The fraction of sp³-hybridized carbons (Fsp3) is 0.263. The highest BCUT2D eigenvalue weighted by Gasteiger charge is 2.33. The second-order valence-electron chi connectivity index (χ2n) is 5.73. The predicted octanol–water partition coefficient (Wildman–Crippen LogP) is 3.71. The summed E-state index contributed by atoms with van der Waals surface area (Å²) >= 11 is 0. The van der Waals surface area contributed by atoms with Crippen LogP contribution in [-0.4, -0.2) is 32.6 Å². The van der Waals surface area contributed by atoms with E-state index in [0.717, 1.165) is 17.0 Å². The van der Waals surface area contributed by atoms with Crippen molar-refractivity contribution in [2.24, 2.45) is 0 Å². The van der Waals surface area contributed by atoms with Crippen molar-refractivity contribution in [3.8, 4) is 11.5 Å². The molecule has 2 aromatic carbocycles. The summed E-state index contributed by atoms with van der Waals surface area (Å²) in [6.45, 7) is 0.741. The van der Waals surface area contributed by atoms with E-state index in [0.29, 0.717) is 5.75 Å². The molecule has 0 fully saturated rings. The molecule has 150 valence electrons. The lowest BCUT2D eigenvalue weighted by molar-refractivity contribution is -0.137. The minimum atomic E-state index is -4.62. The van der Waals surface area contributed by atoms with Crippen LogP contribution in [-0.2, 0) is 15.8 Å². The maximum atomic E-state index is 13.1. The first kappa shape index (κ1) is 21.1. The Morgan fingerprint density at radius 3 is 2.32 bits per heavy atom. The van der Waals surface area contributed by atoms with Gasteiger partial charge in [0.1, 0.15) is 18.0 Å². The van der Waals surface area contributed by atoms with Crippen LogP contribution in [0.4, 0.5) is 24.5 Å². The van der Waals surface area contributed by atoms with Crippen LogP contribution in [0.15, 0.2) is 42.5 Å². The SMILES string of the molecule is COc1ccc(N(CC(=O)Nc2ccccc2C(F)(F)F)C(C)=O)c(OC)c1. The maximum absolute atomic E-state index is 13.1. The van der Waals surface area contributed by atoms with Gasteiger partial charge in [0.05, 0.1) is 31.2 Å². The van der Waals surface area contributed by atoms with E-state index in [1.54, 1.807) is 6.07 Å². The van der Waals surface area contributed by atoms with E-state index in [4.69, 9.17) is 9.47 Å². The summed E-state index contributed by atoms with van der Waals surface area (Å²) in [7, 11) is 2.85. The van der Waals surface area contributed by atoms with Crippen LogP contribution in [0.2, 0.25) is 0 Å². The third-order valence-electron chi connectivity index (χ3n) is 3.87. The highest BCUT2D eigenvalue weighted by Crippen LogP contribution is 2.35. The molecule has 0 aliphatic heterocycles. The molecular formula is C19H19F3N2O4. The van der Waals surface area contributed by atoms with Gasteiger partial charge in [0.2, 0.25) is 11.8 Å². The summed E-state index contributed by atoms with van der Waals surface area (Å²) in [4.78, 5) is 25.5. The number of rotatable bonds is 6. The van der Waals surface area contributed by atoms with Gasteiger partial charge in [0, 0.05) is 13.0 Å². The molecule has 0 saturated heterocycles. The number of hydrogen-bond acceptors (Lipinski definition) is 4. The molecule has 2 aromatic rings. The zero-order valence-corrected chi connectivity index (χ0v) is 15.5. The third kappa shape index (κ3) is 4.93. The Morgan fingerprint density at radius 2 is 1.75 bits per heavy atom. The van der Waals surface area contributed by atoms with Crippen LogP contribution in [0.3, 0.4) is 0 Å².